The Morgan fingerprint density at radius 2 is 2.05 bits per heavy atom. The van der Waals surface area contributed by atoms with Gasteiger partial charge in [-0.2, -0.15) is 0 Å². The maximum absolute atomic E-state index is 12.0. The fourth-order valence-corrected chi connectivity index (χ4v) is 1.66. The number of amides is 1. The third-order valence-electron chi connectivity index (χ3n) is 2.58. The van der Waals surface area contributed by atoms with E-state index in [1.54, 1.807) is 30.3 Å². The van der Waals surface area contributed by atoms with Crippen molar-refractivity contribution in [2.75, 3.05) is 18.2 Å². The lowest BCUT2D eigenvalue weighted by Gasteiger charge is -2.11. The molecule has 0 aliphatic carbocycles. The normalized spacial score (nSPS) is 9.95. The van der Waals surface area contributed by atoms with Crippen molar-refractivity contribution in [2.24, 2.45) is 0 Å². The summed E-state index contributed by atoms with van der Waals surface area (Å²) in [6.07, 6.45) is 0. The second-order valence-corrected chi connectivity index (χ2v) is 3.96. The maximum atomic E-state index is 12.0. The van der Waals surface area contributed by atoms with E-state index in [9.17, 15) is 9.90 Å². The second kappa shape index (κ2) is 5.30. The smallest absolute Gasteiger partial charge is 0.255 e. The summed E-state index contributed by atoms with van der Waals surface area (Å²) in [6.45, 7) is 0. The van der Waals surface area contributed by atoms with Crippen LogP contribution in [0.4, 0.5) is 11.4 Å². The molecule has 0 fully saturated rings. The van der Waals surface area contributed by atoms with Crippen LogP contribution in [0.25, 0.3) is 0 Å². The van der Waals surface area contributed by atoms with Gasteiger partial charge in [-0.15, -0.1) is 0 Å². The molecule has 0 saturated carbocycles. The number of nitrogens with one attached hydrogen (secondary N) is 1. The SMILES string of the molecule is COc1ccc(N)cc1NC(=O)c1cccc(O)c1. The van der Waals surface area contributed by atoms with E-state index >= 15 is 0 Å². The highest BCUT2D eigenvalue weighted by atomic mass is 16.5. The van der Waals surface area contributed by atoms with Crippen molar-refractivity contribution in [3.63, 3.8) is 0 Å². The van der Waals surface area contributed by atoms with Gasteiger partial charge >= 0.3 is 0 Å². The summed E-state index contributed by atoms with van der Waals surface area (Å²) in [7, 11) is 1.51. The van der Waals surface area contributed by atoms with Gasteiger partial charge in [0, 0.05) is 11.3 Å². The Hall–Kier alpha value is -2.69. The van der Waals surface area contributed by atoms with Crippen LogP contribution in [0, 0.1) is 0 Å². The molecule has 0 aliphatic heterocycles. The van der Waals surface area contributed by atoms with Gasteiger partial charge in [-0.1, -0.05) is 6.07 Å². The highest BCUT2D eigenvalue weighted by Gasteiger charge is 2.10. The number of methoxy groups -OCH3 is 1. The number of ether oxygens (including phenoxy) is 1. The summed E-state index contributed by atoms with van der Waals surface area (Å²) in [6, 6.07) is 11.1. The van der Waals surface area contributed by atoms with Crippen LogP contribution in [0.15, 0.2) is 42.5 Å². The zero-order valence-electron chi connectivity index (χ0n) is 10.4. The van der Waals surface area contributed by atoms with Gasteiger partial charge in [-0.3, -0.25) is 4.79 Å². The van der Waals surface area contributed by atoms with Crippen LogP contribution in [0.1, 0.15) is 10.4 Å². The van der Waals surface area contributed by atoms with Gasteiger partial charge < -0.3 is 20.9 Å². The molecule has 0 unspecified atom stereocenters. The summed E-state index contributed by atoms with van der Waals surface area (Å²) in [4.78, 5) is 12.0. The van der Waals surface area contributed by atoms with E-state index < -0.39 is 0 Å². The Morgan fingerprint density at radius 1 is 1.26 bits per heavy atom. The van der Waals surface area contributed by atoms with Gasteiger partial charge in [-0.25, -0.2) is 0 Å². The van der Waals surface area contributed by atoms with Crippen LogP contribution in [-0.4, -0.2) is 18.1 Å². The van der Waals surface area contributed by atoms with Gasteiger partial charge in [-0.05, 0) is 36.4 Å². The number of hydrogen-bond acceptors (Lipinski definition) is 4. The number of nitrogen functional groups attached to an aromatic ring is 1. The standard InChI is InChI=1S/C14H14N2O3/c1-19-13-6-5-10(15)8-12(13)16-14(18)9-3-2-4-11(17)7-9/h2-8,17H,15H2,1H3,(H,16,18). The molecule has 0 radical (unpaired) electrons. The molecule has 5 nitrogen and oxygen atoms in total. The average Bonchev–Trinajstić information content (AvgIpc) is 2.39. The van der Waals surface area contributed by atoms with Gasteiger partial charge in [0.25, 0.3) is 5.91 Å². The number of phenols is 1. The van der Waals surface area contributed by atoms with Gasteiger partial charge in [0.1, 0.15) is 11.5 Å². The van der Waals surface area contributed by atoms with Crippen molar-refractivity contribution in [3.8, 4) is 11.5 Å². The first kappa shape index (κ1) is 12.8. The third kappa shape index (κ3) is 2.95. The lowest BCUT2D eigenvalue weighted by molar-refractivity contribution is 0.102. The molecule has 5 heteroatoms. The van der Waals surface area contributed by atoms with E-state index in [-0.39, 0.29) is 11.7 Å². The number of hydrogen-bond donors (Lipinski definition) is 3. The maximum Gasteiger partial charge on any atom is 0.255 e. The number of carbonyl (C=O) groups is 1. The second-order valence-electron chi connectivity index (χ2n) is 3.96. The molecular formula is C14H14N2O3. The van der Waals surface area contributed by atoms with Gasteiger partial charge in [0.15, 0.2) is 0 Å². The van der Waals surface area contributed by atoms with Crippen LogP contribution >= 0.6 is 0 Å². The predicted molar refractivity (Wildman–Crippen MR) is 73.5 cm³/mol. The fraction of sp³-hybridized carbons (Fsp3) is 0.0714. The van der Waals surface area contributed by atoms with E-state index in [1.807, 2.05) is 0 Å². The number of rotatable bonds is 3. The monoisotopic (exact) mass is 258 g/mol. The van der Waals surface area contributed by atoms with E-state index in [0.717, 1.165) is 0 Å². The summed E-state index contributed by atoms with van der Waals surface area (Å²) >= 11 is 0. The number of phenolic OH excluding ortho intramolecular Hbond substituents is 1. The van der Waals surface area contributed by atoms with Crippen LogP contribution in [0.3, 0.4) is 0 Å². The molecule has 2 aromatic carbocycles. The molecule has 0 aliphatic rings. The van der Waals surface area contributed by atoms with Crippen LogP contribution in [0.2, 0.25) is 0 Å². The number of carbonyl (C=O) groups excluding carboxylic acids is 1. The predicted octanol–water partition coefficient (Wildman–Crippen LogP) is 2.24. The quantitative estimate of drug-likeness (QED) is 0.737. The van der Waals surface area contributed by atoms with Crippen molar-refractivity contribution in [3.05, 3.63) is 48.0 Å². The van der Waals surface area contributed by atoms with E-state index in [2.05, 4.69) is 5.32 Å². The van der Waals surface area contributed by atoms with Crippen molar-refractivity contribution < 1.29 is 14.6 Å². The van der Waals surface area contributed by atoms with Crippen LogP contribution < -0.4 is 15.8 Å². The molecule has 4 N–H and O–H groups in total. The first-order valence-corrected chi connectivity index (χ1v) is 5.64. The van der Waals surface area contributed by atoms with Gasteiger partial charge in [0.05, 0.1) is 12.8 Å². The highest BCUT2D eigenvalue weighted by molar-refractivity contribution is 6.05. The Labute approximate surface area is 110 Å². The molecule has 0 spiro atoms. The number of benzene rings is 2. The van der Waals surface area contributed by atoms with E-state index in [0.29, 0.717) is 22.7 Å². The molecule has 2 rings (SSSR count). The Morgan fingerprint density at radius 3 is 2.74 bits per heavy atom. The van der Waals surface area contributed by atoms with Crippen LogP contribution in [0.5, 0.6) is 11.5 Å². The minimum atomic E-state index is -0.347. The zero-order chi connectivity index (χ0) is 13.8. The number of nitrogens with two attached hydrogens (primary N) is 1. The fourth-order valence-electron chi connectivity index (χ4n) is 1.66. The lowest BCUT2D eigenvalue weighted by Crippen LogP contribution is -2.12. The Bertz CT molecular complexity index is 611. The highest BCUT2D eigenvalue weighted by Crippen LogP contribution is 2.27. The first-order valence-electron chi connectivity index (χ1n) is 5.64. The molecule has 2 aromatic rings. The number of anilines is 2. The van der Waals surface area contributed by atoms with Crippen molar-refractivity contribution in [1.29, 1.82) is 0 Å². The first-order chi connectivity index (χ1) is 9.10. The minimum Gasteiger partial charge on any atom is -0.508 e. The molecule has 98 valence electrons. The molecule has 0 atom stereocenters. The lowest BCUT2D eigenvalue weighted by atomic mass is 10.2. The van der Waals surface area contributed by atoms with E-state index in [1.165, 1.54) is 19.2 Å². The summed E-state index contributed by atoms with van der Waals surface area (Å²) in [5, 5.41) is 12.0. The van der Waals surface area contributed by atoms with E-state index in [4.69, 9.17) is 10.5 Å². The largest absolute Gasteiger partial charge is 0.508 e. The molecule has 0 heterocycles. The van der Waals surface area contributed by atoms with Crippen LogP contribution in [-0.2, 0) is 0 Å². The van der Waals surface area contributed by atoms with Crippen molar-refractivity contribution >= 4 is 17.3 Å². The summed E-state index contributed by atoms with van der Waals surface area (Å²) in [5.41, 5.74) is 7.03. The molecule has 0 saturated heterocycles. The molecule has 1 amide bonds. The Kier molecular flexibility index (Phi) is 3.56. The van der Waals surface area contributed by atoms with Crippen molar-refractivity contribution in [1.82, 2.24) is 0 Å². The van der Waals surface area contributed by atoms with Crippen molar-refractivity contribution in [2.45, 2.75) is 0 Å². The minimum absolute atomic E-state index is 0.0344. The molecule has 0 aromatic heterocycles. The molecule has 19 heavy (non-hydrogen) atoms. The Balaban J connectivity index is 2.26. The summed E-state index contributed by atoms with van der Waals surface area (Å²) < 4.78 is 5.14. The topological polar surface area (TPSA) is 84.6 Å². The summed E-state index contributed by atoms with van der Waals surface area (Å²) in [5.74, 6) is 0.203. The average molecular weight is 258 g/mol. The molecular weight excluding hydrogens is 244 g/mol. The van der Waals surface area contributed by atoms with Gasteiger partial charge in [0.2, 0.25) is 0 Å². The zero-order valence-corrected chi connectivity index (χ0v) is 10.4. The number of aromatic hydroxyl groups is 1. The molecule has 0 bridgehead atoms. The third-order valence-corrected chi connectivity index (χ3v) is 2.58.